The number of aromatic nitrogens is 4. The van der Waals surface area contributed by atoms with E-state index in [9.17, 15) is 4.79 Å². The number of carbonyl (C=O) groups excluding carboxylic acids is 1. The first-order valence-corrected chi connectivity index (χ1v) is 6.96. The molecule has 0 bridgehead atoms. The maximum absolute atomic E-state index is 11.8. The fraction of sp³-hybridized carbons (Fsp3) is 0.125. The number of nitrogens with zero attached hydrogens (tertiary/aromatic N) is 4. The number of benzene rings is 1. The van der Waals surface area contributed by atoms with Gasteiger partial charge in [0.1, 0.15) is 5.69 Å². The van der Waals surface area contributed by atoms with Crippen molar-refractivity contribution in [3.63, 3.8) is 0 Å². The first kappa shape index (κ1) is 13.9. The highest BCUT2D eigenvalue weighted by Crippen LogP contribution is 2.07. The van der Waals surface area contributed by atoms with E-state index < -0.39 is 0 Å². The number of hydrogen-bond donors (Lipinski definition) is 1. The smallest absolute Gasteiger partial charge is 0.271 e. The second-order valence-electron chi connectivity index (χ2n) is 4.73. The topological polar surface area (TPSA) is 72.7 Å². The zero-order valence-corrected chi connectivity index (χ0v) is 11.9. The van der Waals surface area contributed by atoms with Gasteiger partial charge in [-0.25, -0.2) is 9.67 Å². The number of hydrogen-bond acceptors (Lipinski definition) is 4. The molecule has 110 valence electrons. The van der Waals surface area contributed by atoms with Crippen LogP contribution in [0, 0.1) is 0 Å². The van der Waals surface area contributed by atoms with Crippen molar-refractivity contribution in [1.82, 2.24) is 25.1 Å². The van der Waals surface area contributed by atoms with Crippen LogP contribution in [0.2, 0.25) is 0 Å². The minimum Gasteiger partial charge on any atom is -0.350 e. The lowest BCUT2D eigenvalue weighted by Crippen LogP contribution is -2.26. The molecule has 0 fully saturated rings. The van der Waals surface area contributed by atoms with Crippen molar-refractivity contribution < 1.29 is 4.79 Å². The molecule has 0 atom stereocenters. The molecule has 2 aromatic heterocycles. The molecule has 0 spiro atoms. The van der Waals surface area contributed by atoms with Crippen LogP contribution < -0.4 is 5.32 Å². The molecule has 0 aliphatic heterocycles. The Morgan fingerprint density at radius 3 is 2.77 bits per heavy atom. The average Bonchev–Trinajstić information content (AvgIpc) is 3.05. The minimum absolute atomic E-state index is 0.219. The van der Waals surface area contributed by atoms with Gasteiger partial charge in [0.15, 0.2) is 0 Å². The zero-order chi connectivity index (χ0) is 15.2. The normalized spacial score (nSPS) is 10.4. The van der Waals surface area contributed by atoms with Crippen LogP contribution in [0.5, 0.6) is 0 Å². The van der Waals surface area contributed by atoms with Crippen molar-refractivity contribution in [2.75, 3.05) is 6.54 Å². The van der Waals surface area contributed by atoms with Crippen molar-refractivity contribution in [3.8, 4) is 5.69 Å². The highest BCUT2D eigenvalue weighted by molar-refractivity contribution is 5.91. The second kappa shape index (κ2) is 6.62. The van der Waals surface area contributed by atoms with Crippen LogP contribution in [-0.4, -0.2) is 32.2 Å². The Labute approximate surface area is 127 Å². The first-order valence-electron chi connectivity index (χ1n) is 6.96. The molecule has 2 heterocycles. The van der Waals surface area contributed by atoms with Crippen molar-refractivity contribution >= 4 is 5.91 Å². The van der Waals surface area contributed by atoms with Gasteiger partial charge in [0.2, 0.25) is 0 Å². The highest BCUT2D eigenvalue weighted by Gasteiger charge is 2.06. The quantitative estimate of drug-likeness (QED) is 0.776. The monoisotopic (exact) mass is 293 g/mol. The summed E-state index contributed by atoms with van der Waals surface area (Å²) in [5, 5.41) is 7.14. The number of rotatable bonds is 5. The van der Waals surface area contributed by atoms with Gasteiger partial charge in [-0.3, -0.25) is 9.78 Å². The Morgan fingerprint density at radius 2 is 2.00 bits per heavy atom. The fourth-order valence-corrected chi connectivity index (χ4v) is 2.04. The molecular weight excluding hydrogens is 278 g/mol. The molecule has 6 nitrogen and oxygen atoms in total. The maximum atomic E-state index is 11.8. The predicted octanol–water partition coefficient (Wildman–Crippen LogP) is 1.63. The summed E-state index contributed by atoms with van der Waals surface area (Å²) in [5.74, 6) is -0.219. The summed E-state index contributed by atoms with van der Waals surface area (Å²) in [6.45, 7) is 0.524. The van der Waals surface area contributed by atoms with Gasteiger partial charge < -0.3 is 5.32 Å². The van der Waals surface area contributed by atoms with Crippen LogP contribution in [0.15, 0.2) is 61.3 Å². The molecule has 0 saturated carbocycles. The fourth-order valence-electron chi connectivity index (χ4n) is 2.04. The van der Waals surface area contributed by atoms with Crippen LogP contribution in [0.25, 0.3) is 5.69 Å². The first-order chi connectivity index (χ1) is 10.8. The molecule has 22 heavy (non-hydrogen) atoms. The van der Waals surface area contributed by atoms with Crippen molar-refractivity contribution in [2.24, 2.45) is 0 Å². The summed E-state index contributed by atoms with van der Waals surface area (Å²) in [4.78, 5) is 19.7. The van der Waals surface area contributed by atoms with Crippen LogP contribution in [0.4, 0.5) is 0 Å². The van der Waals surface area contributed by atoms with E-state index in [1.54, 1.807) is 0 Å². The molecular formula is C16H15N5O. The van der Waals surface area contributed by atoms with Crippen molar-refractivity contribution in [2.45, 2.75) is 6.42 Å². The molecule has 3 rings (SSSR count). The van der Waals surface area contributed by atoms with E-state index in [-0.39, 0.29) is 5.91 Å². The molecule has 0 saturated heterocycles. The maximum Gasteiger partial charge on any atom is 0.271 e. The summed E-state index contributed by atoms with van der Waals surface area (Å²) in [6.07, 6.45) is 8.96. The molecule has 3 aromatic rings. The van der Waals surface area contributed by atoms with E-state index in [0.29, 0.717) is 18.7 Å². The standard InChI is InChI=1S/C16H15N5O/c22-16(15-11-17-8-9-18-15)19-7-6-13-10-20-21(12-13)14-4-2-1-3-5-14/h1-5,8-12H,6-7H2,(H,19,22). The van der Waals surface area contributed by atoms with Crippen LogP contribution in [0.3, 0.4) is 0 Å². The van der Waals surface area contributed by atoms with E-state index in [1.165, 1.54) is 18.6 Å². The number of carbonyl (C=O) groups is 1. The van der Waals surface area contributed by atoms with Gasteiger partial charge in [-0.05, 0) is 24.1 Å². The summed E-state index contributed by atoms with van der Waals surface area (Å²) in [5.41, 5.74) is 2.39. The van der Waals surface area contributed by atoms with E-state index in [2.05, 4.69) is 20.4 Å². The largest absolute Gasteiger partial charge is 0.350 e. The van der Waals surface area contributed by atoms with Gasteiger partial charge in [0, 0.05) is 25.1 Å². The summed E-state index contributed by atoms with van der Waals surface area (Å²) in [7, 11) is 0. The van der Waals surface area contributed by atoms with E-state index in [1.807, 2.05) is 47.4 Å². The van der Waals surface area contributed by atoms with Gasteiger partial charge in [-0.2, -0.15) is 5.10 Å². The lowest BCUT2D eigenvalue weighted by Gasteiger charge is -2.03. The van der Waals surface area contributed by atoms with Gasteiger partial charge >= 0.3 is 0 Å². The Morgan fingerprint density at radius 1 is 1.14 bits per heavy atom. The van der Waals surface area contributed by atoms with Crippen LogP contribution in [-0.2, 0) is 6.42 Å². The van der Waals surface area contributed by atoms with E-state index in [0.717, 1.165) is 11.3 Å². The third kappa shape index (κ3) is 3.35. The average molecular weight is 293 g/mol. The lowest BCUT2D eigenvalue weighted by molar-refractivity contribution is 0.0948. The Bertz CT molecular complexity index is 739. The summed E-state index contributed by atoms with van der Waals surface area (Å²) >= 11 is 0. The summed E-state index contributed by atoms with van der Waals surface area (Å²) in [6, 6.07) is 9.89. The predicted molar refractivity (Wildman–Crippen MR) is 81.6 cm³/mol. The summed E-state index contributed by atoms with van der Waals surface area (Å²) < 4.78 is 1.82. The number of nitrogens with one attached hydrogen (secondary N) is 1. The van der Waals surface area contributed by atoms with Crippen molar-refractivity contribution in [1.29, 1.82) is 0 Å². The second-order valence-corrected chi connectivity index (χ2v) is 4.73. The molecule has 1 aromatic carbocycles. The van der Waals surface area contributed by atoms with E-state index >= 15 is 0 Å². The van der Waals surface area contributed by atoms with Gasteiger partial charge in [0.05, 0.1) is 18.1 Å². The van der Waals surface area contributed by atoms with Gasteiger partial charge in [-0.15, -0.1) is 0 Å². The van der Waals surface area contributed by atoms with E-state index in [4.69, 9.17) is 0 Å². The molecule has 0 unspecified atom stereocenters. The van der Waals surface area contributed by atoms with Crippen molar-refractivity contribution in [3.05, 3.63) is 72.6 Å². The van der Waals surface area contributed by atoms with Gasteiger partial charge in [-0.1, -0.05) is 18.2 Å². The third-order valence-electron chi connectivity index (χ3n) is 3.15. The van der Waals surface area contributed by atoms with Crippen LogP contribution in [0.1, 0.15) is 16.1 Å². The Kier molecular flexibility index (Phi) is 4.20. The lowest BCUT2D eigenvalue weighted by atomic mass is 10.2. The Hall–Kier alpha value is -3.02. The van der Waals surface area contributed by atoms with Crippen LogP contribution >= 0.6 is 0 Å². The SMILES string of the molecule is O=C(NCCc1cnn(-c2ccccc2)c1)c1cnccn1. The molecule has 0 aliphatic carbocycles. The van der Waals surface area contributed by atoms with Gasteiger partial charge in [0.25, 0.3) is 5.91 Å². The molecule has 6 heteroatoms. The zero-order valence-electron chi connectivity index (χ0n) is 11.9. The highest BCUT2D eigenvalue weighted by atomic mass is 16.1. The molecule has 1 amide bonds. The molecule has 1 N–H and O–H groups in total. The number of para-hydroxylation sites is 1. The third-order valence-corrected chi connectivity index (χ3v) is 3.15. The Balaban J connectivity index is 1.55. The molecule has 0 aliphatic rings. The molecule has 0 radical (unpaired) electrons. The number of amides is 1. The minimum atomic E-state index is -0.219.